The van der Waals surface area contributed by atoms with Crippen molar-refractivity contribution >= 4 is 34.7 Å². The largest absolute Gasteiger partial charge is 0.218 e. The normalized spacial score (nSPS) is 10.7. The van der Waals surface area contributed by atoms with E-state index in [1.807, 2.05) is 5.38 Å². The van der Waals surface area contributed by atoms with E-state index in [4.69, 9.17) is 11.6 Å². The zero-order valence-electron chi connectivity index (χ0n) is 9.16. The van der Waals surface area contributed by atoms with Crippen molar-refractivity contribution in [2.45, 2.75) is 23.9 Å². The Morgan fingerprint density at radius 3 is 2.50 bits per heavy atom. The number of rotatable bonds is 3. The number of hydrogen-bond donors (Lipinski definition) is 0. The van der Waals surface area contributed by atoms with Gasteiger partial charge in [-0.15, -0.1) is 11.3 Å². The first-order valence-electron chi connectivity index (χ1n) is 4.94. The SMILES string of the molecule is Cc1cc(C)cc(CSc2nc(Cl)cs2)c1. The van der Waals surface area contributed by atoms with E-state index in [2.05, 4.69) is 37.0 Å². The molecular formula is C12H12ClNS2. The molecular weight excluding hydrogens is 258 g/mol. The van der Waals surface area contributed by atoms with Gasteiger partial charge in [-0.1, -0.05) is 52.7 Å². The van der Waals surface area contributed by atoms with Gasteiger partial charge < -0.3 is 0 Å². The number of halogens is 1. The molecule has 0 radical (unpaired) electrons. The van der Waals surface area contributed by atoms with Gasteiger partial charge in [-0.3, -0.25) is 0 Å². The second kappa shape index (κ2) is 5.21. The summed E-state index contributed by atoms with van der Waals surface area (Å²) in [7, 11) is 0. The maximum Gasteiger partial charge on any atom is 0.151 e. The molecule has 0 amide bonds. The molecule has 16 heavy (non-hydrogen) atoms. The van der Waals surface area contributed by atoms with E-state index < -0.39 is 0 Å². The highest BCUT2D eigenvalue weighted by molar-refractivity contribution is 8.00. The van der Waals surface area contributed by atoms with E-state index in [1.54, 1.807) is 23.1 Å². The van der Waals surface area contributed by atoms with E-state index in [9.17, 15) is 0 Å². The molecule has 1 aromatic heterocycles. The van der Waals surface area contributed by atoms with Crippen molar-refractivity contribution < 1.29 is 0 Å². The van der Waals surface area contributed by atoms with Gasteiger partial charge in [-0.2, -0.15) is 0 Å². The molecule has 0 bridgehead atoms. The minimum absolute atomic E-state index is 0.591. The van der Waals surface area contributed by atoms with E-state index in [1.165, 1.54) is 16.7 Å². The second-order valence-electron chi connectivity index (χ2n) is 3.72. The Morgan fingerprint density at radius 1 is 1.25 bits per heavy atom. The van der Waals surface area contributed by atoms with Gasteiger partial charge in [0.05, 0.1) is 0 Å². The van der Waals surface area contributed by atoms with Crippen LogP contribution in [0.25, 0.3) is 0 Å². The lowest BCUT2D eigenvalue weighted by Gasteiger charge is -2.03. The number of hydrogen-bond acceptors (Lipinski definition) is 3. The van der Waals surface area contributed by atoms with Crippen molar-refractivity contribution in [2.24, 2.45) is 0 Å². The third kappa shape index (κ3) is 3.24. The van der Waals surface area contributed by atoms with E-state index in [0.717, 1.165) is 10.1 Å². The van der Waals surface area contributed by atoms with Crippen LogP contribution >= 0.6 is 34.7 Å². The third-order valence-corrected chi connectivity index (χ3v) is 4.51. The van der Waals surface area contributed by atoms with Crippen molar-refractivity contribution in [2.75, 3.05) is 0 Å². The molecule has 1 aromatic carbocycles. The van der Waals surface area contributed by atoms with Crippen LogP contribution < -0.4 is 0 Å². The molecule has 84 valence electrons. The number of thiazole rings is 1. The molecule has 1 nitrogen and oxygen atoms in total. The first kappa shape index (κ1) is 12.0. The Kier molecular flexibility index (Phi) is 3.90. The van der Waals surface area contributed by atoms with Crippen molar-refractivity contribution in [3.63, 3.8) is 0 Å². The average Bonchev–Trinajstić information content (AvgIpc) is 2.60. The van der Waals surface area contributed by atoms with E-state index in [-0.39, 0.29) is 0 Å². The van der Waals surface area contributed by atoms with Crippen molar-refractivity contribution in [3.8, 4) is 0 Å². The Morgan fingerprint density at radius 2 is 1.94 bits per heavy atom. The summed E-state index contributed by atoms with van der Waals surface area (Å²) in [5, 5.41) is 2.46. The van der Waals surface area contributed by atoms with Crippen LogP contribution in [-0.2, 0) is 5.75 Å². The van der Waals surface area contributed by atoms with Gasteiger partial charge in [-0.05, 0) is 19.4 Å². The first-order valence-corrected chi connectivity index (χ1v) is 7.19. The Hall–Kier alpha value is -0.510. The Bertz CT molecular complexity index is 473. The zero-order valence-corrected chi connectivity index (χ0v) is 11.5. The number of thioether (sulfide) groups is 1. The summed E-state index contributed by atoms with van der Waals surface area (Å²) in [6.45, 7) is 4.25. The van der Waals surface area contributed by atoms with Gasteiger partial charge in [0.1, 0.15) is 5.15 Å². The van der Waals surface area contributed by atoms with E-state index in [0.29, 0.717) is 5.15 Å². The minimum Gasteiger partial charge on any atom is -0.218 e. The standard InChI is InChI=1S/C12H12ClNS2/c1-8-3-9(2)5-10(4-8)6-15-12-14-11(13)7-16-12/h3-5,7H,6H2,1-2H3. The monoisotopic (exact) mass is 269 g/mol. The molecule has 0 saturated heterocycles. The molecule has 0 unspecified atom stereocenters. The number of aromatic nitrogens is 1. The van der Waals surface area contributed by atoms with Crippen molar-refractivity contribution in [1.29, 1.82) is 0 Å². The van der Waals surface area contributed by atoms with Crippen molar-refractivity contribution in [1.82, 2.24) is 4.98 Å². The zero-order chi connectivity index (χ0) is 11.5. The highest BCUT2D eigenvalue weighted by atomic mass is 35.5. The molecule has 0 aliphatic carbocycles. The summed E-state index contributed by atoms with van der Waals surface area (Å²) in [4.78, 5) is 4.22. The number of nitrogens with zero attached hydrogens (tertiary/aromatic N) is 1. The van der Waals surface area contributed by atoms with Gasteiger partial charge in [0.2, 0.25) is 0 Å². The van der Waals surface area contributed by atoms with Gasteiger partial charge >= 0.3 is 0 Å². The fourth-order valence-electron chi connectivity index (χ4n) is 1.60. The van der Waals surface area contributed by atoms with Crippen LogP contribution in [0, 0.1) is 13.8 Å². The van der Waals surface area contributed by atoms with Crippen LogP contribution in [0.3, 0.4) is 0 Å². The summed E-state index contributed by atoms with van der Waals surface area (Å²) >= 11 is 9.11. The highest BCUT2D eigenvalue weighted by Crippen LogP contribution is 2.28. The molecule has 0 N–H and O–H groups in total. The fourth-order valence-corrected chi connectivity index (χ4v) is 3.54. The van der Waals surface area contributed by atoms with Gasteiger partial charge in [-0.25, -0.2) is 4.98 Å². The van der Waals surface area contributed by atoms with Crippen LogP contribution in [0.5, 0.6) is 0 Å². The number of aryl methyl sites for hydroxylation is 2. The lowest BCUT2D eigenvalue weighted by atomic mass is 10.1. The molecule has 0 atom stereocenters. The van der Waals surface area contributed by atoms with Gasteiger partial charge in [0, 0.05) is 11.1 Å². The summed E-state index contributed by atoms with van der Waals surface area (Å²) in [6.07, 6.45) is 0. The van der Waals surface area contributed by atoms with Gasteiger partial charge in [0.15, 0.2) is 4.34 Å². The number of benzene rings is 1. The Balaban J connectivity index is 2.04. The molecule has 0 aliphatic rings. The fraction of sp³-hybridized carbons (Fsp3) is 0.250. The van der Waals surface area contributed by atoms with Crippen LogP contribution in [-0.4, -0.2) is 4.98 Å². The summed E-state index contributed by atoms with van der Waals surface area (Å²) in [6, 6.07) is 6.62. The third-order valence-electron chi connectivity index (χ3n) is 2.10. The lowest BCUT2D eigenvalue weighted by molar-refractivity contribution is 1.24. The molecule has 0 spiro atoms. The average molecular weight is 270 g/mol. The summed E-state index contributed by atoms with van der Waals surface area (Å²) in [5.41, 5.74) is 3.97. The molecule has 1 heterocycles. The molecule has 0 saturated carbocycles. The highest BCUT2D eigenvalue weighted by Gasteiger charge is 2.02. The molecule has 2 aromatic rings. The second-order valence-corrected chi connectivity index (χ2v) is 6.19. The van der Waals surface area contributed by atoms with E-state index >= 15 is 0 Å². The Labute approximate surface area is 109 Å². The lowest BCUT2D eigenvalue weighted by Crippen LogP contribution is -1.84. The van der Waals surface area contributed by atoms with Crippen molar-refractivity contribution in [3.05, 3.63) is 45.4 Å². The topological polar surface area (TPSA) is 12.9 Å². The van der Waals surface area contributed by atoms with Crippen LogP contribution in [0.2, 0.25) is 5.15 Å². The maximum absolute atomic E-state index is 5.78. The summed E-state index contributed by atoms with van der Waals surface area (Å²) < 4.78 is 1.03. The van der Waals surface area contributed by atoms with Crippen LogP contribution in [0.15, 0.2) is 27.9 Å². The van der Waals surface area contributed by atoms with Crippen LogP contribution in [0.1, 0.15) is 16.7 Å². The van der Waals surface area contributed by atoms with Gasteiger partial charge in [0.25, 0.3) is 0 Å². The smallest absolute Gasteiger partial charge is 0.151 e. The molecule has 0 aliphatic heterocycles. The predicted octanol–water partition coefficient (Wildman–Crippen LogP) is 4.71. The van der Waals surface area contributed by atoms with Crippen LogP contribution in [0.4, 0.5) is 0 Å². The molecule has 2 rings (SSSR count). The summed E-state index contributed by atoms with van der Waals surface area (Å²) in [5.74, 6) is 0.951. The predicted molar refractivity (Wildman–Crippen MR) is 72.6 cm³/mol. The minimum atomic E-state index is 0.591. The molecule has 4 heteroatoms. The quantitative estimate of drug-likeness (QED) is 0.749. The maximum atomic E-state index is 5.78. The first-order chi connectivity index (χ1) is 7.63. The molecule has 0 fully saturated rings.